The van der Waals surface area contributed by atoms with E-state index in [1.54, 1.807) is 22.7 Å². The van der Waals surface area contributed by atoms with Gasteiger partial charge in [-0.3, -0.25) is 0 Å². The first-order valence-corrected chi connectivity index (χ1v) is 14.9. The zero-order chi connectivity index (χ0) is 26.5. The van der Waals surface area contributed by atoms with E-state index < -0.39 is 0 Å². The number of aryl methyl sites for hydroxylation is 1. The third-order valence-corrected chi connectivity index (χ3v) is 9.92. The van der Waals surface area contributed by atoms with E-state index in [0.29, 0.717) is 11.1 Å². The molecule has 10 heteroatoms. The molecule has 4 heterocycles. The quantitative estimate of drug-likeness (QED) is 0.209. The molecule has 3 aromatic heterocycles. The molecule has 7 rings (SSSR count). The molecule has 0 saturated carbocycles. The van der Waals surface area contributed by atoms with Crippen molar-refractivity contribution < 1.29 is 0 Å². The Morgan fingerprint density at radius 3 is 1.77 bits per heavy atom. The fraction of sp³-hybridized carbons (Fsp3) is 0.0345. The summed E-state index contributed by atoms with van der Waals surface area (Å²) in [5, 5.41) is 18.4. The number of hydrogen-bond donors (Lipinski definition) is 0. The molecule has 3 aromatic carbocycles. The number of rotatable bonds is 4. The minimum Gasteiger partial charge on any atom is -0.192 e. The van der Waals surface area contributed by atoms with Crippen LogP contribution in [0.15, 0.2) is 75.5 Å². The lowest BCUT2D eigenvalue weighted by molar-refractivity contribution is 1.40. The van der Waals surface area contributed by atoms with Crippen LogP contribution in [0.25, 0.3) is 52.8 Å². The number of fused-ring (bicyclic) bond motifs is 2. The van der Waals surface area contributed by atoms with Gasteiger partial charge in [0.25, 0.3) is 0 Å². The molecule has 6 nitrogen and oxygen atoms in total. The number of nitrogens with zero attached hydrogens (tertiary/aromatic N) is 6. The third kappa shape index (κ3) is 3.94. The lowest BCUT2D eigenvalue weighted by Crippen LogP contribution is -1.85. The van der Waals surface area contributed by atoms with Crippen LogP contribution in [0.2, 0.25) is 0 Å². The Hall–Kier alpha value is -4.32. The van der Waals surface area contributed by atoms with Crippen LogP contribution in [0, 0.1) is 29.6 Å². The SMILES string of the molecule is Cc1cc(-c2ccc(-c3c4c(c(-c5ccc(-c6ccc(C#N)cc6)s5)c5nsnc35)N=S=N4)s2)ccc1C#N. The summed E-state index contributed by atoms with van der Waals surface area (Å²) in [5.41, 5.74) is 9.64. The molecule has 0 fully saturated rings. The molecule has 0 atom stereocenters. The summed E-state index contributed by atoms with van der Waals surface area (Å²) in [5.74, 6) is 0. The van der Waals surface area contributed by atoms with Gasteiger partial charge in [-0.2, -0.15) is 28.0 Å². The highest BCUT2D eigenvalue weighted by atomic mass is 32.1. The predicted molar refractivity (Wildman–Crippen MR) is 161 cm³/mol. The Morgan fingerprint density at radius 1 is 0.641 bits per heavy atom. The minimum atomic E-state index is 0.641. The van der Waals surface area contributed by atoms with Crippen molar-refractivity contribution >= 4 is 68.2 Å². The lowest BCUT2D eigenvalue weighted by atomic mass is 10.0. The largest absolute Gasteiger partial charge is 0.192 e. The average molecular weight is 575 g/mol. The summed E-state index contributed by atoms with van der Waals surface area (Å²) in [7, 11) is 0. The lowest BCUT2D eigenvalue weighted by Gasteiger charge is -2.09. The molecule has 6 aromatic rings. The molecule has 0 amide bonds. The molecule has 184 valence electrons. The van der Waals surface area contributed by atoms with E-state index in [1.165, 1.54) is 23.1 Å². The Bertz CT molecular complexity index is 2090. The van der Waals surface area contributed by atoms with Crippen molar-refractivity contribution in [1.82, 2.24) is 8.75 Å². The van der Waals surface area contributed by atoms with Gasteiger partial charge in [-0.25, -0.2) is 0 Å². The molecule has 0 spiro atoms. The van der Waals surface area contributed by atoms with Crippen molar-refractivity contribution in [3.05, 3.63) is 83.4 Å². The zero-order valence-electron chi connectivity index (χ0n) is 20.2. The van der Waals surface area contributed by atoms with Gasteiger partial charge in [-0.05, 0) is 72.1 Å². The van der Waals surface area contributed by atoms with Crippen LogP contribution in [0.1, 0.15) is 16.7 Å². The van der Waals surface area contributed by atoms with Gasteiger partial charge in [-0.15, -0.1) is 22.7 Å². The van der Waals surface area contributed by atoms with E-state index in [2.05, 4.69) is 42.5 Å². The van der Waals surface area contributed by atoms with Crippen molar-refractivity contribution in [2.75, 3.05) is 0 Å². The second-order valence-corrected chi connectivity index (χ2v) is 12.1. The van der Waals surface area contributed by atoms with Gasteiger partial charge >= 0.3 is 0 Å². The van der Waals surface area contributed by atoms with Crippen LogP contribution in [0.5, 0.6) is 0 Å². The predicted octanol–water partition coefficient (Wildman–Crippen LogP) is 9.26. The maximum atomic E-state index is 9.30. The fourth-order valence-electron chi connectivity index (χ4n) is 4.63. The summed E-state index contributed by atoms with van der Waals surface area (Å²) in [6, 6.07) is 26.4. The van der Waals surface area contributed by atoms with Crippen LogP contribution >= 0.6 is 34.4 Å². The first-order chi connectivity index (χ1) is 19.1. The third-order valence-electron chi connectivity index (χ3n) is 6.56. The second-order valence-electron chi connectivity index (χ2n) is 8.83. The molecule has 0 radical (unpaired) electrons. The normalized spacial score (nSPS) is 11.8. The summed E-state index contributed by atoms with van der Waals surface area (Å²) >= 11 is 5.73. The second kappa shape index (κ2) is 9.45. The Kier molecular flexibility index (Phi) is 5.76. The molecular weight excluding hydrogens is 561 g/mol. The number of aromatic nitrogens is 2. The van der Waals surface area contributed by atoms with Gasteiger partial charge in [-0.1, -0.05) is 18.2 Å². The van der Waals surface area contributed by atoms with Crippen molar-refractivity contribution in [3.8, 4) is 53.9 Å². The molecular formula is C29H14N6S4. The Labute approximate surface area is 239 Å². The van der Waals surface area contributed by atoms with Crippen molar-refractivity contribution in [2.24, 2.45) is 8.73 Å². The Morgan fingerprint density at radius 2 is 1.21 bits per heavy atom. The molecule has 1 aliphatic rings. The maximum Gasteiger partial charge on any atom is 0.116 e. The first kappa shape index (κ1) is 23.8. The van der Waals surface area contributed by atoms with Gasteiger partial charge in [0.2, 0.25) is 0 Å². The monoisotopic (exact) mass is 574 g/mol. The van der Waals surface area contributed by atoms with Gasteiger partial charge < -0.3 is 0 Å². The summed E-state index contributed by atoms with van der Waals surface area (Å²) in [6.07, 6.45) is 0. The summed E-state index contributed by atoms with van der Waals surface area (Å²) in [6.45, 7) is 1.96. The van der Waals surface area contributed by atoms with Gasteiger partial charge in [0, 0.05) is 30.6 Å². The fourth-order valence-corrected chi connectivity index (χ4v) is 7.86. The van der Waals surface area contributed by atoms with Crippen LogP contribution in [0.3, 0.4) is 0 Å². The van der Waals surface area contributed by atoms with E-state index in [0.717, 1.165) is 69.7 Å². The topological polar surface area (TPSA) is 98.1 Å². The highest BCUT2D eigenvalue weighted by molar-refractivity contribution is 7.58. The molecule has 0 unspecified atom stereocenters. The van der Waals surface area contributed by atoms with E-state index in [4.69, 9.17) is 22.7 Å². The smallest absolute Gasteiger partial charge is 0.116 e. The molecule has 0 aliphatic carbocycles. The number of nitriles is 2. The summed E-state index contributed by atoms with van der Waals surface area (Å²) in [4.78, 5) is 4.32. The van der Waals surface area contributed by atoms with E-state index in [9.17, 15) is 5.26 Å². The van der Waals surface area contributed by atoms with Crippen molar-refractivity contribution in [3.63, 3.8) is 0 Å². The van der Waals surface area contributed by atoms with Crippen LogP contribution in [0.4, 0.5) is 11.4 Å². The number of hydrogen-bond acceptors (Lipinski definition) is 9. The number of benzene rings is 3. The van der Waals surface area contributed by atoms with E-state index >= 15 is 0 Å². The van der Waals surface area contributed by atoms with Gasteiger partial charge in [0.15, 0.2) is 0 Å². The first-order valence-electron chi connectivity index (χ1n) is 11.8. The van der Waals surface area contributed by atoms with Crippen molar-refractivity contribution in [2.45, 2.75) is 6.92 Å². The molecule has 0 N–H and O–H groups in total. The Balaban J connectivity index is 1.35. The molecule has 1 aliphatic heterocycles. The molecule has 39 heavy (non-hydrogen) atoms. The maximum absolute atomic E-state index is 9.30. The van der Waals surface area contributed by atoms with E-state index in [1.807, 2.05) is 43.3 Å². The highest BCUT2D eigenvalue weighted by Crippen LogP contribution is 2.54. The van der Waals surface area contributed by atoms with Gasteiger partial charge in [0.1, 0.15) is 22.4 Å². The van der Waals surface area contributed by atoms with E-state index in [-0.39, 0.29) is 0 Å². The van der Waals surface area contributed by atoms with Gasteiger partial charge in [0.05, 0.1) is 46.3 Å². The highest BCUT2D eigenvalue weighted by Gasteiger charge is 2.27. The molecule has 0 saturated heterocycles. The van der Waals surface area contributed by atoms with Crippen LogP contribution in [-0.2, 0) is 11.4 Å². The minimum absolute atomic E-state index is 0.641. The van der Waals surface area contributed by atoms with Crippen LogP contribution in [-0.4, -0.2) is 8.75 Å². The van der Waals surface area contributed by atoms with Crippen molar-refractivity contribution in [1.29, 1.82) is 10.5 Å². The zero-order valence-corrected chi connectivity index (χ0v) is 23.4. The average Bonchev–Trinajstić information content (AvgIpc) is 3.78. The number of thiophene rings is 2. The summed E-state index contributed by atoms with van der Waals surface area (Å²) < 4.78 is 18.9. The molecule has 0 bridgehead atoms. The standard InChI is InChI=1S/C29H14N6S4/c1-15-12-18(6-7-19(15)14-31)21-9-11-23(37-21)25-28-26(32-38-34-28)24(27-29(25)35-39-33-27)22-10-8-20(36-22)17-4-2-16(13-30)3-5-17/h2-12H,1H3. The van der Waals surface area contributed by atoms with Crippen LogP contribution < -0.4 is 0 Å².